The minimum atomic E-state index is -1.27. The molecule has 1 amide bonds. The van der Waals surface area contributed by atoms with Gasteiger partial charge in [-0.2, -0.15) is 0 Å². The van der Waals surface area contributed by atoms with E-state index in [1.807, 2.05) is 0 Å². The number of nitro benzene ring substituents is 1. The van der Waals surface area contributed by atoms with E-state index in [0.29, 0.717) is 10.5 Å². The van der Waals surface area contributed by atoms with Crippen LogP contribution < -0.4 is 5.32 Å². The Morgan fingerprint density at radius 3 is 2.70 bits per heavy atom. The topological polar surface area (TPSA) is 142 Å². The van der Waals surface area contributed by atoms with Crippen molar-refractivity contribution in [2.75, 3.05) is 0 Å². The van der Waals surface area contributed by atoms with Crippen LogP contribution in [0.4, 0.5) is 11.4 Å². The quantitative estimate of drug-likeness (QED) is 0.417. The first kappa shape index (κ1) is 18.1. The third-order valence-corrected chi connectivity index (χ3v) is 4.38. The van der Waals surface area contributed by atoms with Crippen molar-refractivity contribution < 1.29 is 24.7 Å². The van der Waals surface area contributed by atoms with Crippen LogP contribution in [0.5, 0.6) is 5.75 Å². The Labute approximate surface area is 156 Å². The van der Waals surface area contributed by atoms with Crippen molar-refractivity contribution in [1.29, 1.82) is 0 Å². The smallest absolute Gasteiger partial charge is 0.339 e. The normalized spacial score (nSPS) is 16.5. The summed E-state index contributed by atoms with van der Waals surface area (Å²) in [6.07, 6.45) is 1.50. The van der Waals surface area contributed by atoms with E-state index in [2.05, 4.69) is 10.3 Å². The van der Waals surface area contributed by atoms with E-state index in [9.17, 15) is 24.8 Å². The van der Waals surface area contributed by atoms with Crippen LogP contribution in [0.1, 0.15) is 15.9 Å². The molecule has 0 aromatic heterocycles. The number of thioether (sulfide) groups is 1. The summed E-state index contributed by atoms with van der Waals surface area (Å²) in [5.74, 6) is -2.12. The zero-order chi connectivity index (χ0) is 19.6. The van der Waals surface area contributed by atoms with Crippen LogP contribution in [0.15, 0.2) is 52.4 Å². The van der Waals surface area contributed by atoms with Crippen LogP contribution in [-0.2, 0) is 4.79 Å². The van der Waals surface area contributed by atoms with Gasteiger partial charge in [-0.15, -0.1) is 0 Å². The Morgan fingerprint density at radius 2 is 2.04 bits per heavy atom. The highest BCUT2D eigenvalue weighted by atomic mass is 32.2. The number of carboxylic acids is 1. The molecule has 3 N–H and O–H groups in total. The number of rotatable bonds is 4. The number of amidine groups is 1. The van der Waals surface area contributed by atoms with Gasteiger partial charge in [0.05, 0.1) is 15.5 Å². The Kier molecular flexibility index (Phi) is 4.90. The molecule has 10 heteroatoms. The molecule has 1 saturated heterocycles. The van der Waals surface area contributed by atoms with Gasteiger partial charge in [0.1, 0.15) is 11.3 Å². The molecule has 9 nitrogen and oxygen atoms in total. The maximum absolute atomic E-state index is 12.1. The van der Waals surface area contributed by atoms with Crippen molar-refractivity contribution >= 4 is 46.3 Å². The van der Waals surface area contributed by atoms with Gasteiger partial charge in [-0.3, -0.25) is 14.9 Å². The third kappa shape index (κ3) is 4.12. The van der Waals surface area contributed by atoms with Gasteiger partial charge in [0.25, 0.3) is 11.6 Å². The summed E-state index contributed by atoms with van der Waals surface area (Å²) in [6, 6.07) is 9.62. The second-order valence-electron chi connectivity index (χ2n) is 5.34. The molecule has 136 valence electrons. The van der Waals surface area contributed by atoms with Gasteiger partial charge in [0.15, 0.2) is 5.17 Å². The summed E-state index contributed by atoms with van der Waals surface area (Å²) in [5.41, 5.74) is 0.410. The van der Waals surface area contributed by atoms with Crippen LogP contribution in [0.2, 0.25) is 0 Å². The lowest BCUT2D eigenvalue weighted by molar-refractivity contribution is -0.384. The largest absolute Gasteiger partial charge is 0.507 e. The number of phenols is 1. The van der Waals surface area contributed by atoms with Crippen molar-refractivity contribution in [2.45, 2.75) is 0 Å². The molecule has 1 aliphatic rings. The first-order chi connectivity index (χ1) is 12.8. The molecule has 1 fully saturated rings. The second kappa shape index (κ2) is 7.30. The summed E-state index contributed by atoms with van der Waals surface area (Å²) >= 11 is 1.02. The van der Waals surface area contributed by atoms with E-state index in [1.165, 1.54) is 42.5 Å². The molecule has 0 atom stereocenters. The number of nitrogens with one attached hydrogen (secondary N) is 1. The van der Waals surface area contributed by atoms with Crippen molar-refractivity contribution in [1.82, 2.24) is 5.32 Å². The first-order valence-corrected chi connectivity index (χ1v) is 8.25. The van der Waals surface area contributed by atoms with Crippen LogP contribution in [-0.4, -0.2) is 32.2 Å². The number of nitrogens with zero attached hydrogens (tertiary/aromatic N) is 2. The molecule has 27 heavy (non-hydrogen) atoms. The number of carbonyl (C=O) groups is 2. The van der Waals surface area contributed by atoms with E-state index >= 15 is 0 Å². The van der Waals surface area contributed by atoms with Crippen LogP contribution in [0, 0.1) is 10.1 Å². The molecule has 0 spiro atoms. The van der Waals surface area contributed by atoms with E-state index < -0.39 is 22.5 Å². The highest BCUT2D eigenvalue weighted by Crippen LogP contribution is 2.30. The number of carbonyl (C=O) groups excluding carboxylic acids is 1. The number of benzene rings is 2. The van der Waals surface area contributed by atoms with Gasteiger partial charge < -0.3 is 15.5 Å². The SMILES string of the molecule is O=C1NC(=Nc2ccc(C(=O)O)c(O)c2)S/C1=C\c1cccc([N+](=O)[O-])c1. The molecule has 1 aliphatic heterocycles. The first-order valence-electron chi connectivity index (χ1n) is 7.44. The number of aromatic carboxylic acids is 1. The average Bonchev–Trinajstić information content (AvgIpc) is 2.94. The van der Waals surface area contributed by atoms with E-state index in [0.717, 1.165) is 11.8 Å². The fourth-order valence-corrected chi connectivity index (χ4v) is 3.09. The number of hydrogen-bond donors (Lipinski definition) is 3. The lowest BCUT2D eigenvalue weighted by Gasteiger charge is -2.01. The lowest BCUT2D eigenvalue weighted by Crippen LogP contribution is -2.19. The number of amides is 1. The molecule has 0 aliphatic carbocycles. The number of aliphatic imine (C=N–C) groups is 1. The van der Waals surface area contributed by atoms with Crippen LogP contribution >= 0.6 is 11.8 Å². The molecule has 2 aromatic carbocycles. The van der Waals surface area contributed by atoms with E-state index in [1.54, 1.807) is 6.07 Å². The van der Waals surface area contributed by atoms with Gasteiger partial charge in [-0.05, 0) is 35.5 Å². The minimum Gasteiger partial charge on any atom is -0.507 e. The third-order valence-electron chi connectivity index (χ3n) is 3.47. The zero-order valence-corrected chi connectivity index (χ0v) is 14.3. The van der Waals surface area contributed by atoms with Crippen molar-refractivity contribution in [3.63, 3.8) is 0 Å². The molecule has 0 bridgehead atoms. The molecular weight excluding hydrogens is 374 g/mol. The van der Waals surface area contributed by atoms with Gasteiger partial charge in [0.2, 0.25) is 0 Å². The molecule has 2 aromatic rings. The standard InChI is InChI=1S/C17H11N3O6S/c21-13-8-10(4-5-12(13)16(23)24)18-17-19-15(22)14(27-17)7-9-2-1-3-11(6-9)20(25)26/h1-8,21H,(H,23,24)(H,18,19,22)/b14-7-. The van der Waals surface area contributed by atoms with Crippen molar-refractivity contribution in [2.24, 2.45) is 4.99 Å². The number of non-ortho nitro benzene ring substituents is 1. The Bertz CT molecular complexity index is 1030. The van der Waals surface area contributed by atoms with Crippen molar-refractivity contribution in [3.05, 3.63) is 68.6 Å². The summed E-state index contributed by atoms with van der Waals surface area (Å²) in [6.45, 7) is 0. The Morgan fingerprint density at radius 1 is 1.26 bits per heavy atom. The Hall–Kier alpha value is -3.66. The van der Waals surface area contributed by atoms with Gasteiger partial charge in [-0.25, -0.2) is 9.79 Å². The van der Waals surface area contributed by atoms with Crippen LogP contribution in [0.25, 0.3) is 6.08 Å². The number of carboxylic acid groups (broad SMARTS) is 1. The van der Waals surface area contributed by atoms with Crippen molar-refractivity contribution in [3.8, 4) is 5.75 Å². The average molecular weight is 385 g/mol. The molecule has 0 radical (unpaired) electrons. The predicted molar refractivity (Wildman–Crippen MR) is 99.0 cm³/mol. The number of nitro groups is 1. The maximum Gasteiger partial charge on any atom is 0.339 e. The monoisotopic (exact) mass is 385 g/mol. The fraction of sp³-hybridized carbons (Fsp3) is 0. The second-order valence-corrected chi connectivity index (χ2v) is 6.37. The van der Waals surface area contributed by atoms with Crippen LogP contribution in [0.3, 0.4) is 0 Å². The van der Waals surface area contributed by atoms with Gasteiger partial charge >= 0.3 is 5.97 Å². The summed E-state index contributed by atoms with van der Waals surface area (Å²) in [5, 5.41) is 32.2. The highest BCUT2D eigenvalue weighted by Gasteiger charge is 2.24. The summed E-state index contributed by atoms with van der Waals surface area (Å²) in [4.78, 5) is 37.7. The molecule has 1 heterocycles. The lowest BCUT2D eigenvalue weighted by atomic mass is 10.2. The Balaban J connectivity index is 1.84. The number of hydrogen-bond acceptors (Lipinski definition) is 7. The predicted octanol–water partition coefficient (Wildman–Crippen LogP) is 2.89. The molecule has 0 saturated carbocycles. The molecule has 0 unspecified atom stereocenters. The fourth-order valence-electron chi connectivity index (χ4n) is 2.25. The zero-order valence-electron chi connectivity index (χ0n) is 13.4. The summed E-state index contributed by atoms with van der Waals surface area (Å²) in [7, 11) is 0. The van der Waals surface area contributed by atoms with E-state index in [4.69, 9.17) is 5.11 Å². The highest BCUT2D eigenvalue weighted by molar-refractivity contribution is 8.18. The molecule has 3 rings (SSSR count). The van der Waals surface area contributed by atoms with Gasteiger partial charge in [-0.1, -0.05) is 12.1 Å². The number of aromatic hydroxyl groups is 1. The van der Waals surface area contributed by atoms with E-state index in [-0.39, 0.29) is 22.1 Å². The summed E-state index contributed by atoms with van der Waals surface area (Å²) < 4.78 is 0. The minimum absolute atomic E-state index is 0.0874. The van der Waals surface area contributed by atoms with Gasteiger partial charge in [0, 0.05) is 18.2 Å². The molecular formula is C17H11N3O6S. The maximum atomic E-state index is 12.1.